The molecule has 2 aromatic carbocycles. The van der Waals surface area contributed by atoms with Crippen LogP contribution in [-0.2, 0) is 4.79 Å². The van der Waals surface area contributed by atoms with Crippen molar-refractivity contribution in [2.45, 2.75) is 9.92 Å². The predicted octanol–water partition coefficient (Wildman–Crippen LogP) is 5.31. The van der Waals surface area contributed by atoms with E-state index in [0.29, 0.717) is 26.2 Å². The molecule has 0 aliphatic heterocycles. The first-order chi connectivity index (χ1) is 14.4. The molecule has 0 atom stereocenters. The normalized spacial score (nSPS) is 10.5. The van der Waals surface area contributed by atoms with Crippen molar-refractivity contribution < 1.29 is 13.6 Å². The van der Waals surface area contributed by atoms with Crippen molar-refractivity contribution in [2.24, 2.45) is 0 Å². The van der Waals surface area contributed by atoms with Crippen molar-refractivity contribution >= 4 is 47.3 Å². The standard InChI is InChI=1S/C19H9Cl2F2N3OS.CH2O/c20-11-2-1-3-12(21)17(11)18-14-5-7-16(25-26(14)9-24-19(18)27)28-15-6-4-10(22)8-13(15)23;1-2/h1-9H;1H2. The third-order valence-electron chi connectivity index (χ3n) is 3.91. The second-order valence-electron chi connectivity index (χ2n) is 5.70. The molecule has 0 spiro atoms. The fraction of sp³-hybridized carbons (Fsp3) is 0. The number of carbonyl (C=O) groups is 1. The number of carbonyl (C=O) groups excluding carboxylic acids is 1. The Labute approximate surface area is 183 Å². The molecule has 0 saturated heterocycles. The SMILES string of the molecule is C=O.O=c1ncn2nc(Sc3ccc(F)cc3F)ccc2c1-c1c(Cl)cccc1Cl. The Kier molecular flexibility index (Phi) is 6.81. The first-order valence-electron chi connectivity index (χ1n) is 8.19. The van der Waals surface area contributed by atoms with Gasteiger partial charge >= 0.3 is 0 Å². The summed E-state index contributed by atoms with van der Waals surface area (Å²) in [5.41, 5.74) is 0.532. The summed E-state index contributed by atoms with van der Waals surface area (Å²) in [5.74, 6) is -1.34. The number of fused-ring (bicyclic) bond motifs is 1. The van der Waals surface area contributed by atoms with Gasteiger partial charge in [0.2, 0.25) is 0 Å². The molecule has 5 nitrogen and oxygen atoms in total. The fourth-order valence-corrected chi connectivity index (χ4v) is 4.05. The molecule has 10 heteroatoms. The van der Waals surface area contributed by atoms with E-state index >= 15 is 0 Å². The summed E-state index contributed by atoms with van der Waals surface area (Å²) in [5, 5.41) is 5.41. The summed E-state index contributed by atoms with van der Waals surface area (Å²) in [6, 6.07) is 11.5. The van der Waals surface area contributed by atoms with Gasteiger partial charge in [0.25, 0.3) is 5.56 Å². The van der Waals surface area contributed by atoms with Crippen LogP contribution < -0.4 is 5.56 Å². The van der Waals surface area contributed by atoms with E-state index in [4.69, 9.17) is 28.0 Å². The van der Waals surface area contributed by atoms with Gasteiger partial charge in [0, 0.05) is 16.5 Å². The van der Waals surface area contributed by atoms with Crippen LogP contribution in [0.3, 0.4) is 0 Å². The topological polar surface area (TPSA) is 64.3 Å². The second kappa shape index (κ2) is 9.34. The first-order valence-corrected chi connectivity index (χ1v) is 9.76. The minimum absolute atomic E-state index is 0.218. The summed E-state index contributed by atoms with van der Waals surface area (Å²) in [4.78, 5) is 24.5. The van der Waals surface area contributed by atoms with E-state index in [0.717, 1.165) is 17.8 Å². The molecule has 0 amide bonds. The zero-order valence-corrected chi connectivity index (χ0v) is 17.3. The van der Waals surface area contributed by atoms with Crippen LogP contribution >= 0.6 is 35.0 Å². The molecule has 0 aliphatic rings. The number of hydrogen-bond donors (Lipinski definition) is 0. The van der Waals surface area contributed by atoms with E-state index in [1.807, 2.05) is 6.79 Å². The van der Waals surface area contributed by atoms with Crippen LogP contribution in [0, 0.1) is 11.6 Å². The Balaban J connectivity index is 0.00000124. The fourth-order valence-electron chi connectivity index (χ4n) is 2.68. The van der Waals surface area contributed by atoms with E-state index in [2.05, 4.69) is 10.1 Å². The van der Waals surface area contributed by atoms with Crippen molar-refractivity contribution in [3.05, 3.63) is 86.9 Å². The van der Waals surface area contributed by atoms with Gasteiger partial charge in [0.15, 0.2) is 0 Å². The number of benzene rings is 2. The maximum atomic E-state index is 13.9. The van der Waals surface area contributed by atoms with Crippen LogP contribution in [0.1, 0.15) is 0 Å². The third-order valence-corrected chi connectivity index (χ3v) is 5.52. The highest BCUT2D eigenvalue weighted by Crippen LogP contribution is 2.35. The van der Waals surface area contributed by atoms with Crippen molar-refractivity contribution in [3.63, 3.8) is 0 Å². The molecule has 0 N–H and O–H groups in total. The molecule has 0 saturated carbocycles. The predicted molar refractivity (Wildman–Crippen MR) is 112 cm³/mol. The lowest BCUT2D eigenvalue weighted by Crippen LogP contribution is -2.14. The van der Waals surface area contributed by atoms with E-state index in [1.54, 1.807) is 30.3 Å². The van der Waals surface area contributed by atoms with Crippen LogP contribution in [0.4, 0.5) is 8.78 Å². The van der Waals surface area contributed by atoms with Gasteiger partial charge in [-0.05, 0) is 36.4 Å². The van der Waals surface area contributed by atoms with Crippen LogP contribution in [0.5, 0.6) is 0 Å². The highest BCUT2D eigenvalue weighted by atomic mass is 35.5. The van der Waals surface area contributed by atoms with Gasteiger partial charge in [0.05, 0.1) is 21.1 Å². The molecule has 2 aromatic heterocycles. The van der Waals surface area contributed by atoms with Crippen LogP contribution in [-0.4, -0.2) is 21.4 Å². The summed E-state index contributed by atoms with van der Waals surface area (Å²) >= 11 is 13.5. The average Bonchev–Trinajstić information content (AvgIpc) is 2.73. The molecular formula is C20H11Cl2F2N3O2S. The molecule has 0 bridgehead atoms. The largest absolute Gasteiger partial charge is 0.307 e. The number of rotatable bonds is 3. The summed E-state index contributed by atoms with van der Waals surface area (Å²) in [7, 11) is 0. The maximum Gasteiger partial charge on any atom is 0.281 e. The minimum Gasteiger partial charge on any atom is -0.307 e. The Morgan fingerprint density at radius 2 is 1.67 bits per heavy atom. The third kappa shape index (κ3) is 4.35. The van der Waals surface area contributed by atoms with Crippen molar-refractivity contribution in [3.8, 4) is 11.1 Å². The number of hydrogen-bond acceptors (Lipinski definition) is 5. The monoisotopic (exact) mass is 465 g/mol. The van der Waals surface area contributed by atoms with Crippen molar-refractivity contribution in [2.75, 3.05) is 0 Å². The Bertz CT molecular complexity index is 1280. The molecule has 152 valence electrons. The van der Waals surface area contributed by atoms with Crippen molar-refractivity contribution in [1.29, 1.82) is 0 Å². The van der Waals surface area contributed by atoms with Gasteiger partial charge in [-0.3, -0.25) is 4.79 Å². The van der Waals surface area contributed by atoms with Gasteiger partial charge in [-0.1, -0.05) is 41.0 Å². The molecule has 30 heavy (non-hydrogen) atoms. The van der Waals surface area contributed by atoms with Gasteiger partial charge in [-0.2, -0.15) is 10.1 Å². The van der Waals surface area contributed by atoms with Gasteiger partial charge in [-0.25, -0.2) is 13.3 Å². The molecule has 4 rings (SSSR count). The summed E-state index contributed by atoms with van der Waals surface area (Å²) in [6.45, 7) is 2.00. The van der Waals surface area contributed by atoms with Gasteiger partial charge < -0.3 is 4.79 Å². The molecule has 4 aromatic rings. The maximum absolute atomic E-state index is 13.9. The minimum atomic E-state index is -0.687. The summed E-state index contributed by atoms with van der Waals surface area (Å²) < 4.78 is 28.4. The lowest BCUT2D eigenvalue weighted by Gasteiger charge is -2.10. The van der Waals surface area contributed by atoms with Crippen LogP contribution in [0.25, 0.3) is 16.6 Å². The van der Waals surface area contributed by atoms with E-state index < -0.39 is 17.2 Å². The van der Waals surface area contributed by atoms with Crippen LogP contribution in [0.2, 0.25) is 10.0 Å². The number of halogens is 4. The second-order valence-corrected chi connectivity index (χ2v) is 7.58. The number of nitrogens with zero attached hydrogens (tertiary/aromatic N) is 3. The molecular weight excluding hydrogens is 455 g/mol. The average molecular weight is 466 g/mol. The molecule has 0 aliphatic carbocycles. The molecule has 2 heterocycles. The Hall–Kier alpha value is -2.81. The number of aromatic nitrogens is 3. The Morgan fingerprint density at radius 1 is 0.967 bits per heavy atom. The van der Waals surface area contributed by atoms with Crippen molar-refractivity contribution in [1.82, 2.24) is 14.6 Å². The lowest BCUT2D eigenvalue weighted by atomic mass is 10.1. The lowest BCUT2D eigenvalue weighted by molar-refractivity contribution is -0.0979. The molecule has 0 fully saturated rings. The molecule has 0 unspecified atom stereocenters. The summed E-state index contributed by atoms with van der Waals surface area (Å²) in [6.07, 6.45) is 1.26. The van der Waals surface area contributed by atoms with Gasteiger partial charge in [-0.15, -0.1) is 0 Å². The zero-order chi connectivity index (χ0) is 21.8. The Morgan fingerprint density at radius 3 is 2.33 bits per heavy atom. The van der Waals surface area contributed by atoms with E-state index in [-0.39, 0.29) is 10.5 Å². The quantitative estimate of drug-likeness (QED) is 0.410. The zero-order valence-electron chi connectivity index (χ0n) is 15.0. The highest BCUT2D eigenvalue weighted by Gasteiger charge is 2.17. The first kappa shape index (κ1) is 21.9. The molecule has 0 radical (unpaired) electrons. The van der Waals surface area contributed by atoms with E-state index in [9.17, 15) is 13.6 Å². The van der Waals surface area contributed by atoms with Gasteiger partial charge in [0.1, 0.15) is 29.8 Å². The van der Waals surface area contributed by atoms with Crippen LogP contribution in [0.15, 0.2) is 69.6 Å². The van der Waals surface area contributed by atoms with E-state index in [1.165, 1.54) is 23.0 Å². The smallest absolute Gasteiger partial charge is 0.281 e. The highest BCUT2D eigenvalue weighted by molar-refractivity contribution is 7.99.